The number of ether oxygens (including phenoxy) is 1. The van der Waals surface area contributed by atoms with Crippen LogP contribution in [0, 0.1) is 51.2 Å². The molecule has 5 aliphatic rings. The van der Waals surface area contributed by atoms with Crippen LogP contribution in [-0.2, 0) is 9.53 Å². The maximum absolute atomic E-state index is 11.6. The quantitative estimate of drug-likeness (QED) is 0.517. The summed E-state index contributed by atoms with van der Waals surface area (Å²) in [5.74, 6) is 3.34. The van der Waals surface area contributed by atoms with Gasteiger partial charge in [-0.1, -0.05) is 34.1 Å². The Bertz CT molecular complexity index is 734. The zero-order chi connectivity index (χ0) is 22.2. The molecule has 31 heavy (non-hydrogen) atoms. The van der Waals surface area contributed by atoms with Gasteiger partial charge in [-0.2, -0.15) is 0 Å². The van der Waals surface area contributed by atoms with E-state index in [2.05, 4.69) is 27.7 Å². The van der Waals surface area contributed by atoms with E-state index in [1.54, 1.807) is 6.92 Å². The first kappa shape index (κ1) is 22.2. The standard InChI is InChI=1S/C28H46O3/c1-18-20-10-14-27(5)24(25(20,3)13-11-23(18)30)9-8-21-22-7-6-12-28(22,17-31-19(2)29)16-15-26(21,27)4/h18,20-24,30H,6-17H2,1-5H3/t18?,20?,21?,22?,23?,24?,25?,26-,27?,28?/m1/s1. The third-order valence-electron chi connectivity index (χ3n) is 12.7. The number of hydrogen-bond donors (Lipinski definition) is 1. The van der Waals surface area contributed by atoms with Gasteiger partial charge in [0.1, 0.15) is 0 Å². The minimum Gasteiger partial charge on any atom is -0.465 e. The number of esters is 1. The van der Waals surface area contributed by atoms with Crippen molar-refractivity contribution >= 4 is 5.97 Å². The third-order valence-corrected chi connectivity index (χ3v) is 12.7. The second-order valence-electron chi connectivity index (χ2n) is 13.3. The molecule has 5 fully saturated rings. The molecule has 0 aromatic rings. The average molecular weight is 431 g/mol. The molecule has 0 spiro atoms. The average Bonchev–Trinajstić information content (AvgIpc) is 3.15. The first-order valence-electron chi connectivity index (χ1n) is 13.4. The van der Waals surface area contributed by atoms with Gasteiger partial charge < -0.3 is 9.84 Å². The summed E-state index contributed by atoms with van der Waals surface area (Å²) in [6, 6.07) is 0. The summed E-state index contributed by atoms with van der Waals surface area (Å²) in [6.45, 7) is 12.5. The fraction of sp³-hybridized carbons (Fsp3) is 0.964. The van der Waals surface area contributed by atoms with E-state index >= 15 is 0 Å². The molecule has 0 aromatic heterocycles. The van der Waals surface area contributed by atoms with E-state index in [1.807, 2.05) is 0 Å². The lowest BCUT2D eigenvalue weighted by atomic mass is 9.33. The van der Waals surface area contributed by atoms with Gasteiger partial charge in [0, 0.05) is 12.3 Å². The summed E-state index contributed by atoms with van der Waals surface area (Å²) in [4.78, 5) is 11.6. The van der Waals surface area contributed by atoms with Crippen LogP contribution in [0.1, 0.15) is 105 Å². The highest BCUT2D eigenvalue weighted by Crippen LogP contribution is 2.75. The Kier molecular flexibility index (Phi) is 5.17. The number of carbonyl (C=O) groups excluding carboxylic acids is 1. The SMILES string of the molecule is CC(=O)OCC12CCCC1C1CCC3C4(C)CCC(O)C(C)C4CCC3(C)[C@]1(C)CC2. The molecular formula is C28H46O3. The number of aliphatic hydroxyl groups is 1. The lowest BCUT2D eigenvalue weighted by molar-refractivity contribution is -0.236. The molecule has 0 aliphatic heterocycles. The lowest BCUT2D eigenvalue weighted by Crippen LogP contribution is -2.65. The Balaban J connectivity index is 1.46. The van der Waals surface area contributed by atoms with Gasteiger partial charge >= 0.3 is 5.97 Å². The van der Waals surface area contributed by atoms with Crippen LogP contribution in [-0.4, -0.2) is 23.8 Å². The summed E-state index contributed by atoms with van der Waals surface area (Å²) in [5.41, 5.74) is 1.45. The topological polar surface area (TPSA) is 46.5 Å². The first-order valence-corrected chi connectivity index (χ1v) is 13.4. The normalized spacial score (nSPS) is 56.1. The van der Waals surface area contributed by atoms with Gasteiger partial charge in [0.05, 0.1) is 12.7 Å². The molecule has 9 unspecified atom stereocenters. The van der Waals surface area contributed by atoms with Crippen LogP contribution < -0.4 is 0 Å². The summed E-state index contributed by atoms with van der Waals surface area (Å²) < 4.78 is 5.68. The fourth-order valence-corrected chi connectivity index (χ4v) is 10.8. The maximum atomic E-state index is 11.6. The van der Waals surface area contributed by atoms with Crippen molar-refractivity contribution in [3.05, 3.63) is 0 Å². The molecule has 0 amide bonds. The molecule has 5 rings (SSSR count). The van der Waals surface area contributed by atoms with Crippen molar-refractivity contribution in [1.29, 1.82) is 0 Å². The van der Waals surface area contributed by atoms with Crippen LogP contribution >= 0.6 is 0 Å². The van der Waals surface area contributed by atoms with Gasteiger partial charge in [-0.3, -0.25) is 4.79 Å². The fourth-order valence-electron chi connectivity index (χ4n) is 10.8. The van der Waals surface area contributed by atoms with E-state index in [9.17, 15) is 9.90 Å². The molecular weight excluding hydrogens is 384 g/mol. The van der Waals surface area contributed by atoms with Crippen molar-refractivity contribution in [3.8, 4) is 0 Å². The van der Waals surface area contributed by atoms with Crippen LogP contribution in [0.5, 0.6) is 0 Å². The van der Waals surface area contributed by atoms with Crippen LogP contribution in [0.4, 0.5) is 0 Å². The second kappa shape index (κ2) is 7.21. The second-order valence-corrected chi connectivity index (χ2v) is 13.3. The predicted octanol–water partition coefficient (Wildman–Crippen LogP) is 6.38. The summed E-state index contributed by atoms with van der Waals surface area (Å²) in [5, 5.41) is 10.6. The number of hydrogen-bond acceptors (Lipinski definition) is 3. The van der Waals surface area contributed by atoms with Gasteiger partial charge in [-0.25, -0.2) is 0 Å². The highest BCUT2D eigenvalue weighted by Gasteiger charge is 2.68. The van der Waals surface area contributed by atoms with Crippen LogP contribution in [0.3, 0.4) is 0 Å². The lowest BCUT2D eigenvalue weighted by Gasteiger charge is -2.71. The van der Waals surface area contributed by atoms with Gasteiger partial charge in [0.25, 0.3) is 0 Å². The molecule has 0 radical (unpaired) electrons. The van der Waals surface area contributed by atoms with E-state index in [0.29, 0.717) is 34.7 Å². The van der Waals surface area contributed by atoms with Crippen molar-refractivity contribution in [2.24, 2.45) is 51.2 Å². The predicted molar refractivity (Wildman–Crippen MR) is 123 cm³/mol. The van der Waals surface area contributed by atoms with Crippen LogP contribution in [0.15, 0.2) is 0 Å². The van der Waals surface area contributed by atoms with E-state index in [-0.39, 0.29) is 17.5 Å². The Labute approximate surface area is 190 Å². The maximum Gasteiger partial charge on any atom is 0.302 e. The highest BCUT2D eigenvalue weighted by molar-refractivity contribution is 5.65. The Morgan fingerprint density at radius 2 is 1.65 bits per heavy atom. The number of carbonyl (C=O) groups is 1. The van der Waals surface area contributed by atoms with Gasteiger partial charge in [0.15, 0.2) is 0 Å². The molecule has 1 N–H and O–H groups in total. The monoisotopic (exact) mass is 430 g/mol. The molecule has 3 nitrogen and oxygen atoms in total. The first-order chi connectivity index (χ1) is 14.6. The van der Waals surface area contributed by atoms with E-state index in [1.165, 1.54) is 64.2 Å². The number of rotatable bonds is 2. The molecule has 0 aromatic carbocycles. The van der Waals surface area contributed by atoms with Crippen molar-refractivity contribution in [2.75, 3.05) is 6.61 Å². The Morgan fingerprint density at radius 3 is 2.39 bits per heavy atom. The number of aliphatic hydroxyl groups excluding tert-OH is 1. The minimum atomic E-state index is -0.108. The Hall–Kier alpha value is -0.570. The summed E-state index contributed by atoms with van der Waals surface area (Å²) >= 11 is 0. The van der Waals surface area contributed by atoms with Crippen LogP contribution in [0.2, 0.25) is 0 Å². The molecule has 10 atom stereocenters. The molecule has 0 bridgehead atoms. The zero-order valence-corrected chi connectivity index (χ0v) is 20.7. The van der Waals surface area contributed by atoms with Gasteiger partial charge in [0.2, 0.25) is 0 Å². The minimum absolute atomic E-state index is 0.0931. The largest absolute Gasteiger partial charge is 0.465 e. The van der Waals surface area contributed by atoms with Crippen molar-refractivity contribution in [3.63, 3.8) is 0 Å². The molecule has 3 heteroatoms. The van der Waals surface area contributed by atoms with E-state index in [0.717, 1.165) is 24.2 Å². The molecule has 176 valence electrons. The van der Waals surface area contributed by atoms with Gasteiger partial charge in [-0.15, -0.1) is 0 Å². The summed E-state index contributed by atoms with van der Waals surface area (Å²) in [6.07, 6.45) is 13.9. The highest BCUT2D eigenvalue weighted by atomic mass is 16.5. The third kappa shape index (κ3) is 2.90. The van der Waals surface area contributed by atoms with Gasteiger partial charge in [-0.05, 0) is 110 Å². The van der Waals surface area contributed by atoms with Crippen molar-refractivity contribution in [1.82, 2.24) is 0 Å². The summed E-state index contributed by atoms with van der Waals surface area (Å²) in [7, 11) is 0. The van der Waals surface area contributed by atoms with E-state index < -0.39 is 0 Å². The van der Waals surface area contributed by atoms with Crippen molar-refractivity contribution < 1.29 is 14.6 Å². The zero-order valence-electron chi connectivity index (χ0n) is 20.7. The van der Waals surface area contributed by atoms with Crippen LogP contribution in [0.25, 0.3) is 0 Å². The molecule has 5 saturated carbocycles. The molecule has 0 heterocycles. The smallest absolute Gasteiger partial charge is 0.302 e. The van der Waals surface area contributed by atoms with Crippen molar-refractivity contribution in [2.45, 2.75) is 111 Å². The Morgan fingerprint density at radius 1 is 0.871 bits per heavy atom. The number of fused-ring (bicyclic) bond motifs is 7. The molecule has 5 aliphatic carbocycles. The van der Waals surface area contributed by atoms with E-state index in [4.69, 9.17) is 4.74 Å². The molecule has 0 saturated heterocycles.